The first-order chi connectivity index (χ1) is 8.97. The van der Waals surface area contributed by atoms with Gasteiger partial charge in [-0.3, -0.25) is 0 Å². The number of benzene rings is 1. The zero-order valence-electron chi connectivity index (χ0n) is 10.00. The molecule has 1 aromatic carbocycles. The van der Waals surface area contributed by atoms with E-state index in [0.717, 1.165) is 18.6 Å². The van der Waals surface area contributed by atoms with Gasteiger partial charge in [-0.15, -0.1) is 0 Å². The van der Waals surface area contributed by atoms with Crippen LogP contribution in [0.25, 0.3) is 0 Å². The first kappa shape index (κ1) is 13.7. The molecular formula is C13H13F3N2S. The molecular weight excluding hydrogens is 273 g/mol. The fourth-order valence-electron chi connectivity index (χ4n) is 1.68. The van der Waals surface area contributed by atoms with Gasteiger partial charge in [-0.25, -0.2) is 0 Å². The molecule has 0 aliphatic rings. The normalized spacial score (nSPS) is 11.5. The van der Waals surface area contributed by atoms with E-state index >= 15 is 0 Å². The van der Waals surface area contributed by atoms with Gasteiger partial charge >= 0.3 is 6.18 Å². The minimum Gasteiger partial charge on any atom is -0.397 e. The van der Waals surface area contributed by atoms with Crippen LogP contribution in [0.2, 0.25) is 0 Å². The summed E-state index contributed by atoms with van der Waals surface area (Å²) >= 11 is 1.62. The highest BCUT2D eigenvalue weighted by molar-refractivity contribution is 7.07. The Bertz CT molecular complexity index is 535. The summed E-state index contributed by atoms with van der Waals surface area (Å²) in [6, 6.07) is 5.37. The van der Waals surface area contributed by atoms with E-state index in [1.807, 2.05) is 16.8 Å². The van der Waals surface area contributed by atoms with E-state index in [-0.39, 0.29) is 5.69 Å². The van der Waals surface area contributed by atoms with Gasteiger partial charge in [0.05, 0.1) is 16.9 Å². The number of nitrogens with one attached hydrogen (secondary N) is 1. The van der Waals surface area contributed by atoms with Crippen LogP contribution in [-0.2, 0) is 12.6 Å². The summed E-state index contributed by atoms with van der Waals surface area (Å²) in [5.74, 6) is 0. The molecule has 0 spiro atoms. The van der Waals surface area contributed by atoms with Crippen LogP contribution in [0.15, 0.2) is 35.0 Å². The molecule has 0 unspecified atom stereocenters. The van der Waals surface area contributed by atoms with Gasteiger partial charge in [0, 0.05) is 6.54 Å². The molecule has 102 valence electrons. The third-order valence-electron chi connectivity index (χ3n) is 2.69. The third kappa shape index (κ3) is 3.64. The molecule has 1 aromatic heterocycles. The van der Waals surface area contributed by atoms with E-state index in [2.05, 4.69) is 5.32 Å². The smallest absolute Gasteiger partial charge is 0.397 e. The highest BCUT2D eigenvalue weighted by atomic mass is 32.1. The Balaban J connectivity index is 1.97. The molecule has 0 saturated carbocycles. The Morgan fingerprint density at radius 1 is 1.21 bits per heavy atom. The summed E-state index contributed by atoms with van der Waals surface area (Å²) in [6.07, 6.45) is -3.55. The maximum atomic E-state index is 12.5. The molecule has 0 atom stereocenters. The lowest BCUT2D eigenvalue weighted by Gasteiger charge is -2.12. The Hall–Kier alpha value is -1.69. The first-order valence-corrected chi connectivity index (χ1v) is 6.63. The topological polar surface area (TPSA) is 38.0 Å². The fraction of sp³-hybridized carbons (Fsp3) is 0.231. The van der Waals surface area contributed by atoms with Crippen molar-refractivity contribution in [3.05, 3.63) is 46.2 Å². The largest absolute Gasteiger partial charge is 0.416 e. The highest BCUT2D eigenvalue weighted by Gasteiger charge is 2.30. The van der Waals surface area contributed by atoms with Gasteiger partial charge in [0.2, 0.25) is 0 Å². The van der Waals surface area contributed by atoms with Crippen molar-refractivity contribution in [2.24, 2.45) is 0 Å². The summed E-state index contributed by atoms with van der Waals surface area (Å²) < 4.78 is 37.4. The Labute approximate surface area is 113 Å². The van der Waals surface area contributed by atoms with Crippen LogP contribution in [0.1, 0.15) is 11.1 Å². The second-order valence-electron chi connectivity index (χ2n) is 4.11. The van der Waals surface area contributed by atoms with Crippen LogP contribution in [0, 0.1) is 0 Å². The van der Waals surface area contributed by atoms with E-state index in [9.17, 15) is 13.2 Å². The average Bonchev–Trinajstić information content (AvgIpc) is 2.83. The number of hydrogen-bond donors (Lipinski definition) is 2. The van der Waals surface area contributed by atoms with Gasteiger partial charge in [0.1, 0.15) is 0 Å². The summed E-state index contributed by atoms with van der Waals surface area (Å²) in [5.41, 5.74) is 6.73. The van der Waals surface area contributed by atoms with Crippen LogP contribution >= 0.6 is 11.3 Å². The SMILES string of the molecule is Nc1cc(C(F)(F)F)ccc1NCCc1ccsc1. The second-order valence-corrected chi connectivity index (χ2v) is 4.89. The molecule has 0 saturated heterocycles. The molecule has 0 aliphatic heterocycles. The standard InChI is InChI=1S/C13H13F3N2S/c14-13(15,16)10-1-2-12(11(17)7-10)18-5-3-9-4-6-19-8-9/h1-2,4,6-8,18H,3,5,17H2. The van der Waals surface area contributed by atoms with Gasteiger partial charge in [-0.1, -0.05) is 0 Å². The van der Waals surface area contributed by atoms with Crippen molar-refractivity contribution in [1.82, 2.24) is 0 Å². The lowest BCUT2D eigenvalue weighted by atomic mass is 10.1. The molecule has 0 fully saturated rings. The van der Waals surface area contributed by atoms with Crippen molar-refractivity contribution in [3.63, 3.8) is 0 Å². The Morgan fingerprint density at radius 3 is 2.58 bits per heavy atom. The van der Waals surface area contributed by atoms with Crippen LogP contribution in [0.4, 0.5) is 24.5 Å². The zero-order chi connectivity index (χ0) is 13.9. The summed E-state index contributed by atoms with van der Waals surface area (Å²) in [7, 11) is 0. The number of anilines is 2. The fourth-order valence-corrected chi connectivity index (χ4v) is 2.38. The molecule has 2 rings (SSSR count). The van der Waals surface area contributed by atoms with Crippen LogP contribution < -0.4 is 11.1 Å². The van der Waals surface area contributed by atoms with E-state index in [0.29, 0.717) is 12.2 Å². The summed E-state index contributed by atoms with van der Waals surface area (Å²) in [6.45, 7) is 0.631. The minimum atomic E-state index is -4.36. The number of hydrogen-bond acceptors (Lipinski definition) is 3. The van der Waals surface area contributed by atoms with Crippen molar-refractivity contribution in [1.29, 1.82) is 0 Å². The van der Waals surface area contributed by atoms with Crippen molar-refractivity contribution < 1.29 is 13.2 Å². The molecule has 0 amide bonds. The van der Waals surface area contributed by atoms with E-state index < -0.39 is 11.7 Å². The van der Waals surface area contributed by atoms with E-state index in [1.54, 1.807) is 11.3 Å². The zero-order valence-corrected chi connectivity index (χ0v) is 10.8. The van der Waals surface area contributed by atoms with Gasteiger partial charge in [-0.05, 0) is 47.0 Å². The minimum absolute atomic E-state index is 0.111. The number of rotatable bonds is 4. The lowest BCUT2D eigenvalue weighted by Crippen LogP contribution is -2.09. The maximum absolute atomic E-state index is 12.5. The number of nitrogens with two attached hydrogens (primary N) is 1. The monoisotopic (exact) mass is 286 g/mol. The molecule has 2 nitrogen and oxygen atoms in total. The summed E-state index contributed by atoms with van der Waals surface area (Å²) in [4.78, 5) is 0. The van der Waals surface area contributed by atoms with Crippen LogP contribution in [0.3, 0.4) is 0 Å². The quantitative estimate of drug-likeness (QED) is 0.834. The molecule has 0 bridgehead atoms. The van der Waals surface area contributed by atoms with Crippen molar-refractivity contribution in [2.45, 2.75) is 12.6 Å². The average molecular weight is 286 g/mol. The molecule has 2 aromatic rings. The second kappa shape index (κ2) is 5.52. The number of nitrogen functional groups attached to an aromatic ring is 1. The Kier molecular flexibility index (Phi) is 3.99. The molecule has 19 heavy (non-hydrogen) atoms. The molecule has 1 heterocycles. The number of halogens is 3. The van der Waals surface area contributed by atoms with Gasteiger partial charge < -0.3 is 11.1 Å². The lowest BCUT2D eigenvalue weighted by molar-refractivity contribution is -0.137. The summed E-state index contributed by atoms with van der Waals surface area (Å²) in [5, 5.41) is 7.07. The van der Waals surface area contributed by atoms with Crippen molar-refractivity contribution in [3.8, 4) is 0 Å². The van der Waals surface area contributed by atoms with Crippen LogP contribution in [0.5, 0.6) is 0 Å². The predicted octanol–water partition coefficient (Wildman–Crippen LogP) is 4.00. The molecule has 0 radical (unpaired) electrons. The maximum Gasteiger partial charge on any atom is 0.416 e. The van der Waals surface area contributed by atoms with E-state index in [4.69, 9.17) is 5.73 Å². The molecule has 3 N–H and O–H groups in total. The molecule has 0 aliphatic carbocycles. The first-order valence-electron chi connectivity index (χ1n) is 5.68. The number of thiophene rings is 1. The Morgan fingerprint density at radius 2 is 2.00 bits per heavy atom. The van der Waals surface area contributed by atoms with Gasteiger partial charge in [0.25, 0.3) is 0 Å². The van der Waals surface area contributed by atoms with E-state index in [1.165, 1.54) is 11.6 Å². The highest BCUT2D eigenvalue weighted by Crippen LogP contribution is 2.32. The third-order valence-corrected chi connectivity index (χ3v) is 3.42. The number of alkyl halides is 3. The van der Waals surface area contributed by atoms with Crippen molar-refractivity contribution in [2.75, 3.05) is 17.6 Å². The molecule has 6 heteroatoms. The van der Waals surface area contributed by atoms with Crippen LogP contribution in [-0.4, -0.2) is 6.54 Å². The van der Waals surface area contributed by atoms with Crippen molar-refractivity contribution >= 4 is 22.7 Å². The van der Waals surface area contributed by atoms with Gasteiger partial charge in [0.15, 0.2) is 0 Å². The predicted molar refractivity (Wildman–Crippen MR) is 72.4 cm³/mol. The van der Waals surface area contributed by atoms with Gasteiger partial charge in [-0.2, -0.15) is 24.5 Å².